The number of anilines is 1. The van der Waals surface area contributed by atoms with Crippen LogP contribution in [0.1, 0.15) is 33.3 Å². The number of carbonyl (C=O) groups is 2. The Bertz CT molecular complexity index is 1450. The van der Waals surface area contributed by atoms with Crippen LogP contribution in [-0.4, -0.2) is 37.3 Å². The summed E-state index contributed by atoms with van der Waals surface area (Å²) in [6.07, 6.45) is 1.71. The van der Waals surface area contributed by atoms with Gasteiger partial charge in [-0.1, -0.05) is 36.4 Å². The number of halogens is 2. The lowest BCUT2D eigenvalue weighted by Crippen LogP contribution is -2.18. The van der Waals surface area contributed by atoms with Gasteiger partial charge in [-0.2, -0.15) is 0 Å². The molecule has 0 saturated carbocycles. The average molecular weight is 521 g/mol. The Morgan fingerprint density at radius 1 is 0.895 bits per heavy atom. The topological polar surface area (TPSA) is 78.8 Å². The number of hydrogen-bond acceptors (Lipinski definition) is 5. The van der Waals surface area contributed by atoms with E-state index in [1.54, 1.807) is 35.9 Å². The Morgan fingerprint density at radius 2 is 1.58 bits per heavy atom. The molecule has 4 rings (SSSR count). The molecule has 9 heteroatoms. The third-order valence-electron chi connectivity index (χ3n) is 5.80. The fraction of sp³-hybridized carbons (Fsp3) is 0.172. The van der Waals surface area contributed by atoms with E-state index in [2.05, 4.69) is 5.32 Å². The lowest BCUT2D eigenvalue weighted by molar-refractivity contribution is 0.0515. The van der Waals surface area contributed by atoms with E-state index >= 15 is 0 Å². The highest BCUT2D eigenvalue weighted by atomic mass is 19.1. The third kappa shape index (κ3) is 5.67. The van der Waals surface area contributed by atoms with E-state index in [4.69, 9.17) is 14.2 Å². The molecule has 196 valence electrons. The molecule has 38 heavy (non-hydrogen) atoms. The Labute approximate surface area is 218 Å². The van der Waals surface area contributed by atoms with Crippen molar-refractivity contribution in [1.82, 2.24) is 4.57 Å². The number of aromatic nitrogens is 1. The van der Waals surface area contributed by atoms with Gasteiger partial charge in [0.1, 0.15) is 11.6 Å². The molecule has 0 atom stereocenters. The van der Waals surface area contributed by atoms with Crippen LogP contribution in [0.2, 0.25) is 0 Å². The van der Waals surface area contributed by atoms with Gasteiger partial charge in [-0.15, -0.1) is 0 Å². The molecule has 0 aliphatic rings. The number of rotatable bonds is 9. The quantitative estimate of drug-likeness (QED) is 0.277. The summed E-state index contributed by atoms with van der Waals surface area (Å²) in [6, 6.07) is 17.1. The van der Waals surface area contributed by atoms with Crippen LogP contribution in [0.5, 0.6) is 11.5 Å². The molecule has 0 fully saturated rings. The van der Waals surface area contributed by atoms with Crippen molar-refractivity contribution in [2.75, 3.05) is 26.1 Å². The van der Waals surface area contributed by atoms with Crippen LogP contribution in [0.25, 0.3) is 11.1 Å². The maximum Gasteiger partial charge on any atom is 0.357 e. The number of esters is 1. The summed E-state index contributed by atoms with van der Waals surface area (Å²) < 4.78 is 45.5. The van der Waals surface area contributed by atoms with Crippen LogP contribution in [0, 0.1) is 11.6 Å². The van der Waals surface area contributed by atoms with Gasteiger partial charge in [-0.05, 0) is 42.3 Å². The minimum atomic E-state index is -0.900. The molecule has 1 N–H and O–H groups in total. The monoisotopic (exact) mass is 520 g/mol. The number of ether oxygens (including phenoxy) is 3. The summed E-state index contributed by atoms with van der Waals surface area (Å²) >= 11 is 0. The van der Waals surface area contributed by atoms with E-state index in [0.717, 1.165) is 17.7 Å². The summed E-state index contributed by atoms with van der Waals surface area (Å²) in [5, 5.41) is 2.69. The summed E-state index contributed by atoms with van der Waals surface area (Å²) in [6.45, 7) is 2.06. The highest BCUT2D eigenvalue weighted by Gasteiger charge is 2.27. The fourth-order valence-electron chi connectivity index (χ4n) is 4.10. The number of carbonyl (C=O) groups excluding carboxylic acids is 2. The predicted octanol–water partition coefficient (Wildman–Crippen LogP) is 5.93. The predicted molar refractivity (Wildman–Crippen MR) is 139 cm³/mol. The van der Waals surface area contributed by atoms with E-state index in [-0.39, 0.29) is 23.6 Å². The second-order valence-electron chi connectivity index (χ2n) is 8.28. The van der Waals surface area contributed by atoms with Crippen LogP contribution in [-0.2, 0) is 11.3 Å². The van der Waals surface area contributed by atoms with E-state index in [9.17, 15) is 18.4 Å². The van der Waals surface area contributed by atoms with Crippen LogP contribution < -0.4 is 14.8 Å². The summed E-state index contributed by atoms with van der Waals surface area (Å²) in [5.74, 6) is -2.34. The highest BCUT2D eigenvalue weighted by Crippen LogP contribution is 2.39. The molecular weight excluding hydrogens is 494 g/mol. The largest absolute Gasteiger partial charge is 0.493 e. The molecule has 0 aliphatic carbocycles. The molecule has 4 aromatic rings. The second-order valence-corrected chi connectivity index (χ2v) is 8.28. The van der Waals surface area contributed by atoms with Crippen LogP contribution in [0.3, 0.4) is 0 Å². The van der Waals surface area contributed by atoms with E-state index in [0.29, 0.717) is 35.2 Å². The Kier molecular flexibility index (Phi) is 8.06. The van der Waals surface area contributed by atoms with Crippen LogP contribution >= 0.6 is 0 Å². The van der Waals surface area contributed by atoms with Crippen molar-refractivity contribution in [1.29, 1.82) is 0 Å². The summed E-state index contributed by atoms with van der Waals surface area (Å²) in [4.78, 5) is 26.4. The van der Waals surface area contributed by atoms with E-state index < -0.39 is 23.5 Å². The van der Waals surface area contributed by atoms with Crippen molar-refractivity contribution in [3.8, 4) is 22.6 Å². The molecule has 0 saturated heterocycles. The van der Waals surface area contributed by atoms with Crippen molar-refractivity contribution >= 4 is 17.6 Å². The first-order chi connectivity index (χ1) is 18.3. The van der Waals surface area contributed by atoms with Gasteiger partial charge in [0.15, 0.2) is 17.2 Å². The first-order valence-corrected chi connectivity index (χ1v) is 11.8. The smallest absolute Gasteiger partial charge is 0.357 e. The molecule has 1 heterocycles. The first kappa shape index (κ1) is 26.4. The molecule has 0 aliphatic heterocycles. The van der Waals surface area contributed by atoms with Gasteiger partial charge >= 0.3 is 5.97 Å². The van der Waals surface area contributed by atoms with Crippen molar-refractivity contribution in [3.63, 3.8) is 0 Å². The molecule has 1 amide bonds. The van der Waals surface area contributed by atoms with Crippen molar-refractivity contribution < 1.29 is 32.6 Å². The van der Waals surface area contributed by atoms with Gasteiger partial charge in [0.05, 0.1) is 26.5 Å². The molecule has 0 bridgehead atoms. The molecule has 0 radical (unpaired) electrons. The minimum Gasteiger partial charge on any atom is -0.493 e. The van der Waals surface area contributed by atoms with Gasteiger partial charge < -0.3 is 24.1 Å². The third-order valence-corrected chi connectivity index (χ3v) is 5.80. The molecule has 0 unspecified atom stereocenters. The zero-order valence-electron chi connectivity index (χ0n) is 21.1. The number of amides is 1. The second kappa shape index (κ2) is 11.6. The normalized spacial score (nSPS) is 10.7. The molecule has 1 aromatic heterocycles. The number of methoxy groups -OCH3 is 2. The Balaban J connectivity index is 1.91. The van der Waals surface area contributed by atoms with Gasteiger partial charge in [-0.3, -0.25) is 4.79 Å². The summed E-state index contributed by atoms with van der Waals surface area (Å²) in [7, 11) is 3.00. The lowest BCUT2D eigenvalue weighted by Gasteiger charge is -2.13. The van der Waals surface area contributed by atoms with Crippen LogP contribution in [0.4, 0.5) is 14.5 Å². The van der Waals surface area contributed by atoms with Gasteiger partial charge in [0.2, 0.25) is 0 Å². The lowest BCUT2D eigenvalue weighted by atomic mass is 10.1. The highest BCUT2D eigenvalue weighted by molar-refractivity contribution is 6.11. The van der Waals surface area contributed by atoms with E-state index in [1.807, 2.05) is 30.3 Å². The van der Waals surface area contributed by atoms with E-state index in [1.165, 1.54) is 14.2 Å². The standard InChI is InChI=1S/C29H26F2N2O5/c1-4-38-29(35)27-26(32-28(34)20-12-21(30)15-22(31)13-20)23(17-33(27)16-18-8-6-5-7-9-18)19-10-11-24(36-2)25(14-19)37-3/h5-15,17H,4,16H2,1-3H3,(H,32,34). The average Bonchev–Trinajstić information content (AvgIpc) is 3.25. The van der Waals surface area contributed by atoms with Gasteiger partial charge in [-0.25, -0.2) is 13.6 Å². The van der Waals surface area contributed by atoms with Crippen molar-refractivity contribution in [2.24, 2.45) is 0 Å². The molecule has 7 nitrogen and oxygen atoms in total. The minimum absolute atomic E-state index is 0.0747. The number of hydrogen-bond donors (Lipinski definition) is 1. The maximum atomic E-state index is 13.9. The molecule has 3 aromatic carbocycles. The maximum absolute atomic E-state index is 13.9. The Hall–Kier alpha value is -4.66. The van der Waals surface area contributed by atoms with Crippen molar-refractivity contribution in [2.45, 2.75) is 13.5 Å². The van der Waals surface area contributed by atoms with Gasteiger partial charge in [0, 0.05) is 29.9 Å². The SMILES string of the molecule is CCOC(=O)c1c(NC(=O)c2cc(F)cc(F)c2)c(-c2ccc(OC)c(OC)c2)cn1Cc1ccccc1. The fourth-order valence-corrected chi connectivity index (χ4v) is 4.10. The zero-order valence-corrected chi connectivity index (χ0v) is 21.1. The number of nitrogens with one attached hydrogen (secondary N) is 1. The molecular formula is C29H26F2N2O5. The Morgan fingerprint density at radius 3 is 2.21 bits per heavy atom. The molecule has 0 spiro atoms. The van der Waals surface area contributed by atoms with Gasteiger partial charge in [0.25, 0.3) is 5.91 Å². The van der Waals surface area contributed by atoms with Crippen LogP contribution in [0.15, 0.2) is 72.9 Å². The summed E-state index contributed by atoms with van der Waals surface area (Å²) in [5.41, 5.74) is 1.92. The first-order valence-electron chi connectivity index (χ1n) is 11.8. The van der Waals surface area contributed by atoms with Crippen molar-refractivity contribution in [3.05, 3.63) is 101 Å². The number of benzene rings is 3. The number of nitrogens with zero attached hydrogens (tertiary/aromatic N) is 1. The zero-order chi connectivity index (χ0) is 27.2.